The number of halogens is 2. The Morgan fingerprint density at radius 1 is 1.32 bits per heavy atom. The van der Waals surface area contributed by atoms with Crippen molar-refractivity contribution >= 4 is 17.3 Å². The van der Waals surface area contributed by atoms with Gasteiger partial charge in [-0.15, -0.1) is 0 Å². The molecule has 28 heavy (non-hydrogen) atoms. The van der Waals surface area contributed by atoms with Gasteiger partial charge in [0.1, 0.15) is 12.2 Å². The van der Waals surface area contributed by atoms with Gasteiger partial charge < -0.3 is 5.32 Å². The monoisotopic (exact) mass is 390 g/mol. The molecule has 0 saturated carbocycles. The van der Waals surface area contributed by atoms with Crippen molar-refractivity contribution in [1.82, 2.24) is 19.6 Å². The molecule has 0 bridgehead atoms. The highest BCUT2D eigenvalue weighted by atomic mass is 19.3. The van der Waals surface area contributed by atoms with Gasteiger partial charge in [-0.3, -0.25) is 24.3 Å². The van der Waals surface area contributed by atoms with Crippen LogP contribution in [0.3, 0.4) is 0 Å². The highest BCUT2D eigenvalue weighted by Crippen LogP contribution is 2.30. The Bertz CT molecular complexity index is 1000. The van der Waals surface area contributed by atoms with E-state index < -0.39 is 35.2 Å². The molecule has 2 heterocycles. The minimum atomic E-state index is -3.11. The van der Waals surface area contributed by atoms with Gasteiger partial charge in [-0.05, 0) is 12.5 Å². The fourth-order valence-corrected chi connectivity index (χ4v) is 2.71. The Morgan fingerprint density at radius 3 is 2.64 bits per heavy atom. The SMILES string of the molecule is Cc1c([N+](=O)[O-])c(C(F)F)nn1CC(=O)Nc1cnn(Cc2ccccc2)c1. The quantitative estimate of drug-likeness (QED) is 0.493. The number of rotatable bonds is 7. The van der Waals surface area contributed by atoms with Crippen LogP contribution in [0.15, 0.2) is 42.7 Å². The molecule has 0 fully saturated rings. The van der Waals surface area contributed by atoms with Gasteiger partial charge in [0, 0.05) is 6.20 Å². The minimum Gasteiger partial charge on any atom is -0.322 e. The summed E-state index contributed by atoms with van der Waals surface area (Å²) in [5.41, 5.74) is -0.406. The molecule has 3 rings (SSSR count). The van der Waals surface area contributed by atoms with Crippen LogP contribution in [0.4, 0.5) is 20.2 Å². The van der Waals surface area contributed by atoms with Crippen molar-refractivity contribution in [2.75, 3.05) is 5.32 Å². The summed E-state index contributed by atoms with van der Waals surface area (Å²) in [6.45, 7) is 1.34. The maximum absolute atomic E-state index is 13.0. The lowest BCUT2D eigenvalue weighted by molar-refractivity contribution is -0.386. The summed E-state index contributed by atoms with van der Waals surface area (Å²) < 4.78 is 28.4. The van der Waals surface area contributed by atoms with Gasteiger partial charge in [0.05, 0.1) is 23.4 Å². The second kappa shape index (κ2) is 7.94. The first-order valence-corrected chi connectivity index (χ1v) is 8.21. The summed E-state index contributed by atoms with van der Waals surface area (Å²) >= 11 is 0. The number of carbonyl (C=O) groups is 1. The van der Waals surface area contributed by atoms with Crippen LogP contribution >= 0.6 is 0 Å². The standard InChI is InChI=1S/C17H16F2N6O3/c1-11-16(25(27)28)15(17(18)19)22-24(11)10-14(26)21-13-7-20-23(9-13)8-12-5-3-2-4-6-12/h2-7,9,17H,8,10H2,1H3,(H,21,26). The van der Waals surface area contributed by atoms with Crippen LogP contribution in [0.2, 0.25) is 0 Å². The first-order valence-electron chi connectivity index (χ1n) is 8.21. The molecule has 0 radical (unpaired) electrons. The zero-order valence-corrected chi connectivity index (χ0v) is 14.7. The summed E-state index contributed by atoms with van der Waals surface area (Å²) in [4.78, 5) is 22.3. The lowest BCUT2D eigenvalue weighted by Gasteiger charge is -2.04. The van der Waals surface area contributed by atoms with Crippen LogP contribution in [0, 0.1) is 17.0 Å². The van der Waals surface area contributed by atoms with Gasteiger partial charge in [0.2, 0.25) is 11.6 Å². The second-order valence-corrected chi connectivity index (χ2v) is 6.00. The molecule has 0 saturated heterocycles. The average Bonchev–Trinajstić information content (AvgIpc) is 3.20. The third kappa shape index (κ3) is 4.19. The minimum absolute atomic E-state index is 0.116. The third-order valence-electron chi connectivity index (χ3n) is 3.99. The van der Waals surface area contributed by atoms with E-state index in [0.29, 0.717) is 12.2 Å². The second-order valence-electron chi connectivity index (χ2n) is 6.00. The molecule has 0 aliphatic heterocycles. The van der Waals surface area contributed by atoms with Crippen molar-refractivity contribution in [2.24, 2.45) is 0 Å². The normalized spacial score (nSPS) is 11.0. The van der Waals surface area contributed by atoms with Gasteiger partial charge in [-0.1, -0.05) is 30.3 Å². The van der Waals surface area contributed by atoms with Gasteiger partial charge in [-0.2, -0.15) is 10.2 Å². The van der Waals surface area contributed by atoms with Gasteiger partial charge in [0.15, 0.2) is 0 Å². The molecule has 1 amide bonds. The molecular formula is C17H16F2N6O3. The lowest BCUT2D eigenvalue weighted by Crippen LogP contribution is -2.20. The molecule has 9 nitrogen and oxygen atoms in total. The number of nitro groups is 1. The van der Waals surface area contributed by atoms with Crippen molar-refractivity contribution in [3.05, 3.63) is 69.8 Å². The third-order valence-corrected chi connectivity index (χ3v) is 3.99. The van der Waals surface area contributed by atoms with Gasteiger partial charge >= 0.3 is 5.69 Å². The van der Waals surface area contributed by atoms with E-state index in [1.807, 2.05) is 30.3 Å². The topological polar surface area (TPSA) is 108 Å². The first-order chi connectivity index (χ1) is 13.3. The maximum Gasteiger partial charge on any atom is 0.319 e. The van der Waals surface area contributed by atoms with E-state index in [1.165, 1.54) is 13.1 Å². The number of aromatic nitrogens is 4. The zero-order chi connectivity index (χ0) is 20.3. The molecule has 0 atom stereocenters. The Kier molecular flexibility index (Phi) is 5.43. The van der Waals surface area contributed by atoms with Crippen molar-refractivity contribution < 1.29 is 18.5 Å². The van der Waals surface area contributed by atoms with Crippen LogP contribution in [0.5, 0.6) is 0 Å². The molecule has 1 aromatic carbocycles. The summed E-state index contributed by atoms with van der Waals surface area (Å²) in [6.07, 6.45) is -0.0443. The van der Waals surface area contributed by atoms with E-state index in [4.69, 9.17) is 0 Å². The van der Waals surface area contributed by atoms with Crippen molar-refractivity contribution in [1.29, 1.82) is 0 Å². The fraction of sp³-hybridized carbons (Fsp3) is 0.235. The Balaban J connectivity index is 1.68. The molecule has 0 aliphatic carbocycles. The molecule has 0 spiro atoms. The Labute approximate surface area is 157 Å². The Morgan fingerprint density at radius 2 is 2.04 bits per heavy atom. The van der Waals surface area contributed by atoms with Crippen LogP contribution in [-0.4, -0.2) is 30.4 Å². The summed E-state index contributed by atoms with van der Waals surface area (Å²) in [7, 11) is 0. The van der Waals surface area contributed by atoms with Gasteiger partial charge in [0.25, 0.3) is 6.43 Å². The fourth-order valence-electron chi connectivity index (χ4n) is 2.71. The highest BCUT2D eigenvalue weighted by molar-refractivity contribution is 5.90. The molecule has 11 heteroatoms. The number of hydrogen-bond donors (Lipinski definition) is 1. The van der Waals surface area contributed by atoms with Crippen molar-refractivity contribution in [2.45, 2.75) is 26.4 Å². The number of carbonyl (C=O) groups excluding carboxylic acids is 1. The summed E-state index contributed by atoms with van der Waals surface area (Å²) in [5.74, 6) is -0.569. The number of nitrogens with zero attached hydrogens (tertiary/aromatic N) is 5. The number of hydrogen-bond acceptors (Lipinski definition) is 5. The maximum atomic E-state index is 13.0. The highest BCUT2D eigenvalue weighted by Gasteiger charge is 2.31. The number of nitrogens with one attached hydrogen (secondary N) is 1. The number of benzene rings is 1. The zero-order valence-electron chi connectivity index (χ0n) is 14.7. The molecule has 146 valence electrons. The van der Waals surface area contributed by atoms with Crippen molar-refractivity contribution in [3.8, 4) is 0 Å². The van der Waals surface area contributed by atoms with Crippen LogP contribution in [0.1, 0.15) is 23.4 Å². The summed E-state index contributed by atoms with van der Waals surface area (Å²) in [6, 6.07) is 9.59. The van der Waals surface area contributed by atoms with E-state index in [2.05, 4.69) is 15.5 Å². The predicted molar refractivity (Wildman–Crippen MR) is 95.0 cm³/mol. The molecule has 1 N–H and O–H groups in total. The molecule has 2 aromatic heterocycles. The van der Waals surface area contributed by atoms with Crippen LogP contribution in [-0.2, 0) is 17.9 Å². The molecule has 3 aromatic rings. The van der Waals surface area contributed by atoms with Crippen molar-refractivity contribution in [3.63, 3.8) is 0 Å². The van der Waals surface area contributed by atoms with Crippen LogP contribution in [0.25, 0.3) is 0 Å². The number of anilines is 1. The largest absolute Gasteiger partial charge is 0.322 e. The van der Waals surface area contributed by atoms with E-state index in [9.17, 15) is 23.7 Å². The lowest BCUT2D eigenvalue weighted by atomic mass is 10.2. The smallest absolute Gasteiger partial charge is 0.319 e. The Hall–Kier alpha value is -3.63. The van der Waals surface area contributed by atoms with E-state index in [-0.39, 0.29) is 5.69 Å². The molecular weight excluding hydrogens is 374 g/mol. The van der Waals surface area contributed by atoms with Gasteiger partial charge in [-0.25, -0.2) is 8.78 Å². The van der Waals surface area contributed by atoms with E-state index in [1.54, 1.807) is 10.9 Å². The molecule has 0 unspecified atom stereocenters. The average molecular weight is 390 g/mol. The first kappa shape index (κ1) is 19.1. The van der Waals surface area contributed by atoms with Crippen LogP contribution < -0.4 is 5.32 Å². The summed E-state index contributed by atoms with van der Waals surface area (Å²) in [5, 5.41) is 21.2. The number of alkyl halides is 2. The molecule has 0 aliphatic rings. The van der Waals surface area contributed by atoms with E-state index in [0.717, 1.165) is 10.2 Å². The number of amides is 1. The van der Waals surface area contributed by atoms with E-state index >= 15 is 0 Å². The predicted octanol–water partition coefficient (Wildman–Crippen LogP) is 2.92.